The predicted molar refractivity (Wildman–Crippen MR) is 93.2 cm³/mol. The van der Waals surface area contributed by atoms with Crippen LogP contribution in [0.5, 0.6) is 5.75 Å². The van der Waals surface area contributed by atoms with Crippen molar-refractivity contribution < 1.29 is 24.6 Å². The second-order valence-corrected chi connectivity index (χ2v) is 5.44. The van der Waals surface area contributed by atoms with Gasteiger partial charge in [-0.3, -0.25) is 19.2 Å². The maximum absolute atomic E-state index is 12.2. The van der Waals surface area contributed by atoms with E-state index in [2.05, 4.69) is 10.3 Å². The van der Waals surface area contributed by atoms with Crippen molar-refractivity contribution in [2.24, 2.45) is 0 Å². The smallest absolute Gasteiger partial charge is 0.322 e. The monoisotopic (exact) mass is 356 g/mol. The van der Waals surface area contributed by atoms with Crippen molar-refractivity contribution in [3.05, 3.63) is 69.1 Å². The van der Waals surface area contributed by atoms with Gasteiger partial charge >= 0.3 is 5.97 Å². The molecule has 8 heteroatoms. The lowest BCUT2D eigenvalue weighted by Gasteiger charge is -2.03. The number of aromatic amines is 1. The van der Waals surface area contributed by atoms with Crippen molar-refractivity contribution in [3.8, 4) is 5.75 Å². The van der Waals surface area contributed by atoms with Crippen LogP contribution in [0, 0.1) is 6.92 Å². The average molecular weight is 356 g/mol. The number of carbonyl (C=O) groups excluding carboxylic acids is 2. The maximum Gasteiger partial charge on any atom is 0.322 e. The number of pyridine rings is 1. The minimum Gasteiger partial charge on any atom is -0.507 e. The molecule has 0 aliphatic rings. The van der Waals surface area contributed by atoms with Crippen molar-refractivity contribution >= 4 is 23.7 Å². The minimum atomic E-state index is -1.16. The van der Waals surface area contributed by atoms with Gasteiger partial charge in [-0.1, -0.05) is 18.2 Å². The van der Waals surface area contributed by atoms with Gasteiger partial charge in [0, 0.05) is 11.3 Å². The van der Waals surface area contributed by atoms with E-state index < -0.39 is 35.5 Å². The number of benzene rings is 1. The molecule has 0 saturated heterocycles. The molecule has 1 heterocycles. The Balaban J connectivity index is 2.20. The first-order valence-electron chi connectivity index (χ1n) is 7.53. The number of H-pyrrole nitrogens is 1. The number of allylic oxidation sites excluding steroid dienone is 1. The second kappa shape index (κ2) is 7.93. The number of aromatic nitrogens is 1. The SMILES string of the molecule is Cc1cc(O)c(C(=O)/C=C/c2cccc(C(=O)NCC(=O)O)c2)c(=O)[nH]1. The molecule has 1 amide bonds. The number of nitrogens with one attached hydrogen (secondary N) is 2. The summed E-state index contributed by atoms with van der Waals surface area (Å²) in [5.74, 6) is -2.84. The largest absolute Gasteiger partial charge is 0.507 e. The van der Waals surface area contributed by atoms with Crippen molar-refractivity contribution in [2.75, 3.05) is 6.54 Å². The van der Waals surface area contributed by atoms with Gasteiger partial charge in [0.05, 0.1) is 0 Å². The van der Waals surface area contributed by atoms with Gasteiger partial charge < -0.3 is 20.5 Å². The van der Waals surface area contributed by atoms with E-state index >= 15 is 0 Å². The molecule has 1 aromatic carbocycles. The normalized spacial score (nSPS) is 10.7. The summed E-state index contributed by atoms with van der Waals surface area (Å²) in [5, 5.41) is 20.6. The lowest BCUT2D eigenvalue weighted by atomic mass is 10.1. The van der Waals surface area contributed by atoms with Crippen molar-refractivity contribution in [3.63, 3.8) is 0 Å². The van der Waals surface area contributed by atoms with Crippen LogP contribution in [0.3, 0.4) is 0 Å². The van der Waals surface area contributed by atoms with E-state index in [1.807, 2.05) is 0 Å². The van der Waals surface area contributed by atoms with Crippen molar-refractivity contribution in [1.29, 1.82) is 0 Å². The summed E-state index contributed by atoms with van der Waals surface area (Å²) in [6, 6.07) is 7.41. The van der Waals surface area contributed by atoms with Gasteiger partial charge in [-0.05, 0) is 36.8 Å². The molecule has 0 saturated carbocycles. The number of rotatable bonds is 6. The number of carbonyl (C=O) groups is 3. The molecular formula is C18H16N2O6. The van der Waals surface area contributed by atoms with E-state index in [0.29, 0.717) is 11.3 Å². The number of aromatic hydroxyl groups is 1. The van der Waals surface area contributed by atoms with Crippen LogP contribution in [-0.2, 0) is 4.79 Å². The third kappa shape index (κ3) is 4.67. The summed E-state index contributed by atoms with van der Waals surface area (Å²) in [4.78, 5) is 48.7. The summed E-state index contributed by atoms with van der Waals surface area (Å²) in [7, 11) is 0. The number of aliphatic carboxylic acids is 1. The zero-order valence-corrected chi connectivity index (χ0v) is 13.8. The number of amides is 1. The van der Waals surface area contributed by atoms with Gasteiger partial charge in [0.2, 0.25) is 0 Å². The van der Waals surface area contributed by atoms with E-state index in [4.69, 9.17) is 5.11 Å². The van der Waals surface area contributed by atoms with Crippen LogP contribution in [0.1, 0.15) is 32.0 Å². The van der Waals surface area contributed by atoms with E-state index in [1.54, 1.807) is 19.1 Å². The zero-order chi connectivity index (χ0) is 19.3. The van der Waals surface area contributed by atoms with E-state index in [0.717, 1.165) is 6.08 Å². The molecule has 0 unspecified atom stereocenters. The lowest BCUT2D eigenvalue weighted by molar-refractivity contribution is -0.135. The lowest BCUT2D eigenvalue weighted by Crippen LogP contribution is -2.29. The molecule has 1 aromatic heterocycles. The molecule has 8 nitrogen and oxygen atoms in total. The van der Waals surface area contributed by atoms with E-state index in [9.17, 15) is 24.3 Å². The fourth-order valence-electron chi connectivity index (χ4n) is 2.21. The van der Waals surface area contributed by atoms with Crippen molar-refractivity contribution in [2.45, 2.75) is 6.92 Å². The van der Waals surface area contributed by atoms with Gasteiger partial charge in [-0.25, -0.2) is 0 Å². The Morgan fingerprint density at radius 1 is 1.23 bits per heavy atom. The van der Waals surface area contributed by atoms with Crippen LogP contribution in [0.15, 0.2) is 41.2 Å². The number of hydrogen-bond donors (Lipinski definition) is 4. The van der Waals surface area contributed by atoms with E-state index in [1.165, 1.54) is 24.3 Å². The molecule has 2 rings (SSSR count). The fourth-order valence-corrected chi connectivity index (χ4v) is 2.21. The highest BCUT2D eigenvalue weighted by molar-refractivity contribution is 6.08. The molecule has 0 radical (unpaired) electrons. The third-order valence-electron chi connectivity index (χ3n) is 3.37. The highest BCUT2D eigenvalue weighted by Gasteiger charge is 2.14. The Bertz CT molecular complexity index is 958. The number of aryl methyl sites for hydroxylation is 1. The Labute approximate surface area is 147 Å². The first-order valence-corrected chi connectivity index (χ1v) is 7.53. The number of carboxylic acids is 1. The molecule has 0 aliphatic heterocycles. The molecule has 4 N–H and O–H groups in total. The van der Waals surface area contributed by atoms with Crippen LogP contribution in [0.4, 0.5) is 0 Å². The second-order valence-electron chi connectivity index (χ2n) is 5.44. The third-order valence-corrected chi connectivity index (χ3v) is 3.37. The van der Waals surface area contributed by atoms with Crippen LogP contribution < -0.4 is 10.9 Å². The molecule has 134 valence electrons. The van der Waals surface area contributed by atoms with Gasteiger partial charge in [0.15, 0.2) is 5.78 Å². The predicted octanol–water partition coefficient (Wildman–Crippen LogP) is 1.10. The summed E-state index contributed by atoms with van der Waals surface area (Å²) < 4.78 is 0. The minimum absolute atomic E-state index is 0.219. The van der Waals surface area contributed by atoms with Crippen molar-refractivity contribution in [1.82, 2.24) is 10.3 Å². The van der Waals surface area contributed by atoms with Crippen LogP contribution in [-0.4, -0.2) is 39.4 Å². The number of carboxylic acid groups (broad SMARTS) is 1. The molecular weight excluding hydrogens is 340 g/mol. The standard InChI is InChI=1S/C18H16N2O6/c1-10-7-14(22)16(18(26)20-10)13(21)6-5-11-3-2-4-12(8-11)17(25)19-9-15(23)24/h2-8H,9H2,1H3,(H,19,25)(H,23,24)(H2,20,22,26)/b6-5+. The van der Waals surface area contributed by atoms with Crippen LogP contribution in [0.2, 0.25) is 0 Å². The summed E-state index contributed by atoms with van der Waals surface area (Å²) in [6.07, 6.45) is 2.49. The van der Waals surface area contributed by atoms with Crippen LogP contribution in [0.25, 0.3) is 6.08 Å². The zero-order valence-electron chi connectivity index (χ0n) is 13.8. The van der Waals surface area contributed by atoms with Gasteiger partial charge in [0.25, 0.3) is 11.5 Å². The fraction of sp³-hybridized carbons (Fsp3) is 0.111. The van der Waals surface area contributed by atoms with Crippen LogP contribution >= 0.6 is 0 Å². The molecule has 0 bridgehead atoms. The molecule has 0 atom stereocenters. The summed E-state index contributed by atoms with van der Waals surface area (Å²) in [6.45, 7) is 1.07. The maximum atomic E-state index is 12.2. The molecule has 0 aliphatic carbocycles. The highest BCUT2D eigenvalue weighted by atomic mass is 16.4. The Morgan fingerprint density at radius 3 is 2.62 bits per heavy atom. The Hall–Kier alpha value is -3.68. The highest BCUT2D eigenvalue weighted by Crippen LogP contribution is 2.15. The number of ketones is 1. The quantitative estimate of drug-likeness (QED) is 0.452. The average Bonchev–Trinajstić information content (AvgIpc) is 2.57. The molecule has 0 spiro atoms. The number of hydrogen-bond acceptors (Lipinski definition) is 5. The molecule has 26 heavy (non-hydrogen) atoms. The Morgan fingerprint density at radius 2 is 1.96 bits per heavy atom. The van der Waals surface area contributed by atoms with E-state index in [-0.39, 0.29) is 11.1 Å². The first kappa shape index (κ1) is 18.7. The van der Waals surface area contributed by atoms with Gasteiger partial charge in [0.1, 0.15) is 17.9 Å². The molecule has 2 aromatic rings. The van der Waals surface area contributed by atoms with Gasteiger partial charge in [-0.2, -0.15) is 0 Å². The summed E-state index contributed by atoms with van der Waals surface area (Å²) in [5.41, 5.74) is 0.0653. The topological polar surface area (TPSA) is 137 Å². The van der Waals surface area contributed by atoms with Gasteiger partial charge in [-0.15, -0.1) is 0 Å². The Kier molecular flexibility index (Phi) is 5.69. The molecule has 0 fully saturated rings. The first-order chi connectivity index (χ1) is 12.3. The summed E-state index contributed by atoms with van der Waals surface area (Å²) >= 11 is 0.